The summed E-state index contributed by atoms with van der Waals surface area (Å²) in [6, 6.07) is 22.5. The molecule has 1 aliphatic rings. The Bertz CT molecular complexity index is 1410. The fourth-order valence-corrected chi connectivity index (χ4v) is 4.36. The molecule has 1 fully saturated rings. The lowest BCUT2D eigenvalue weighted by molar-refractivity contribution is -0.132. The first-order valence-corrected chi connectivity index (χ1v) is 11.0. The van der Waals surface area contributed by atoms with Crippen LogP contribution in [0.1, 0.15) is 31.2 Å². The van der Waals surface area contributed by atoms with Gasteiger partial charge in [0.25, 0.3) is 11.7 Å². The zero-order valence-electron chi connectivity index (χ0n) is 18.8. The van der Waals surface area contributed by atoms with Gasteiger partial charge in [0.2, 0.25) is 0 Å². The largest absolute Gasteiger partial charge is 0.507 e. The van der Waals surface area contributed by atoms with Gasteiger partial charge in [0, 0.05) is 10.9 Å². The normalized spacial score (nSPS) is 17.6. The molecular weight excluding hydrogens is 430 g/mol. The van der Waals surface area contributed by atoms with E-state index in [-0.39, 0.29) is 17.4 Å². The fourth-order valence-electron chi connectivity index (χ4n) is 4.36. The molecule has 0 bridgehead atoms. The number of carbonyl (C=O) groups excluding carboxylic acids is 2. The number of nitrogens with zero attached hydrogens (tertiary/aromatic N) is 1. The third kappa shape index (κ3) is 3.63. The van der Waals surface area contributed by atoms with Gasteiger partial charge in [0.05, 0.1) is 23.6 Å². The lowest BCUT2D eigenvalue weighted by Crippen LogP contribution is -2.29. The third-order valence-corrected chi connectivity index (χ3v) is 5.76. The zero-order chi connectivity index (χ0) is 23.8. The first kappa shape index (κ1) is 21.5. The van der Waals surface area contributed by atoms with Crippen LogP contribution in [0.15, 0.2) is 95.1 Å². The number of ketones is 1. The molecule has 0 spiro atoms. The molecule has 1 saturated heterocycles. The number of benzene rings is 3. The van der Waals surface area contributed by atoms with Crippen LogP contribution in [0, 0.1) is 0 Å². The van der Waals surface area contributed by atoms with Crippen LogP contribution < -0.4 is 9.64 Å². The summed E-state index contributed by atoms with van der Waals surface area (Å²) in [6.07, 6.45) is 1.42. The molecule has 5 rings (SSSR count). The predicted molar refractivity (Wildman–Crippen MR) is 130 cm³/mol. The monoisotopic (exact) mass is 453 g/mol. The van der Waals surface area contributed by atoms with Crippen molar-refractivity contribution in [2.24, 2.45) is 0 Å². The molecule has 170 valence electrons. The Balaban J connectivity index is 1.71. The number of furan rings is 1. The number of Topliss-reactive ketones (excluding diaryl/α,β-unsaturated/α-hetero) is 1. The Morgan fingerprint density at radius 1 is 0.971 bits per heavy atom. The van der Waals surface area contributed by atoms with Crippen LogP contribution in [0.2, 0.25) is 0 Å². The highest BCUT2D eigenvalue weighted by Gasteiger charge is 2.48. The molecule has 2 heterocycles. The van der Waals surface area contributed by atoms with E-state index in [4.69, 9.17) is 9.15 Å². The van der Waals surface area contributed by atoms with Gasteiger partial charge in [-0.05, 0) is 49.6 Å². The SMILES string of the molecule is CC(C)Oc1cccc(/C(O)=C2/C(=O)C(=O)N(c3cccc4ccccc34)C2c2ccco2)c1. The van der Waals surface area contributed by atoms with E-state index >= 15 is 0 Å². The Kier molecular flexibility index (Phi) is 5.42. The van der Waals surface area contributed by atoms with Crippen molar-refractivity contribution in [2.75, 3.05) is 4.90 Å². The lowest BCUT2D eigenvalue weighted by Gasteiger charge is -2.24. The molecule has 1 N–H and O–H groups in total. The van der Waals surface area contributed by atoms with E-state index < -0.39 is 17.7 Å². The van der Waals surface area contributed by atoms with Crippen molar-refractivity contribution in [1.82, 2.24) is 0 Å². The summed E-state index contributed by atoms with van der Waals surface area (Å²) in [5.74, 6) is -0.854. The minimum atomic E-state index is -0.921. The second kappa shape index (κ2) is 8.56. The number of fused-ring (bicyclic) bond motifs is 1. The molecule has 4 aromatic rings. The van der Waals surface area contributed by atoms with Crippen molar-refractivity contribution in [3.8, 4) is 5.75 Å². The average Bonchev–Trinajstić information content (AvgIpc) is 3.45. The predicted octanol–water partition coefficient (Wildman–Crippen LogP) is 5.85. The van der Waals surface area contributed by atoms with Crippen molar-refractivity contribution in [3.05, 3.63) is 102 Å². The number of ether oxygens (including phenoxy) is 1. The van der Waals surface area contributed by atoms with Gasteiger partial charge in [0.1, 0.15) is 23.3 Å². The average molecular weight is 453 g/mol. The molecular formula is C28H23NO5. The van der Waals surface area contributed by atoms with E-state index in [1.165, 1.54) is 11.2 Å². The summed E-state index contributed by atoms with van der Waals surface area (Å²) in [7, 11) is 0. The number of carbonyl (C=O) groups is 2. The topological polar surface area (TPSA) is 80.0 Å². The van der Waals surface area contributed by atoms with Gasteiger partial charge in [-0.3, -0.25) is 14.5 Å². The second-order valence-electron chi connectivity index (χ2n) is 8.38. The van der Waals surface area contributed by atoms with E-state index in [9.17, 15) is 14.7 Å². The van der Waals surface area contributed by atoms with Crippen LogP contribution in [-0.2, 0) is 9.59 Å². The molecule has 0 aliphatic carbocycles. The van der Waals surface area contributed by atoms with Crippen LogP contribution in [-0.4, -0.2) is 22.9 Å². The van der Waals surface area contributed by atoms with Crippen molar-refractivity contribution in [1.29, 1.82) is 0 Å². The third-order valence-electron chi connectivity index (χ3n) is 5.76. The molecule has 1 atom stereocenters. The molecule has 0 saturated carbocycles. The van der Waals surface area contributed by atoms with Gasteiger partial charge in [-0.15, -0.1) is 0 Å². The van der Waals surface area contributed by atoms with E-state index in [2.05, 4.69) is 0 Å². The molecule has 1 aliphatic heterocycles. The standard InChI is InChI=1S/C28H23NO5/c1-17(2)34-20-11-5-10-19(16-20)26(30)24-25(23-14-7-15-33-23)29(28(32)27(24)31)22-13-6-9-18-8-3-4-12-21(18)22/h3-17,25,30H,1-2H3/b26-24-. The summed E-state index contributed by atoms with van der Waals surface area (Å²) in [5.41, 5.74) is 0.915. The first-order chi connectivity index (χ1) is 16.5. The Hall–Kier alpha value is -4.32. The fraction of sp³-hybridized carbons (Fsp3) is 0.143. The van der Waals surface area contributed by atoms with Crippen LogP contribution in [0.25, 0.3) is 16.5 Å². The molecule has 6 nitrogen and oxygen atoms in total. The number of hydrogen-bond acceptors (Lipinski definition) is 5. The van der Waals surface area contributed by atoms with Gasteiger partial charge in [-0.25, -0.2) is 0 Å². The molecule has 1 aromatic heterocycles. The van der Waals surface area contributed by atoms with Gasteiger partial charge < -0.3 is 14.3 Å². The summed E-state index contributed by atoms with van der Waals surface area (Å²) >= 11 is 0. The first-order valence-electron chi connectivity index (χ1n) is 11.0. The molecule has 34 heavy (non-hydrogen) atoms. The Morgan fingerprint density at radius 3 is 2.50 bits per heavy atom. The van der Waals surface area contributed by atoms with E-state index in [0.717, 1.165) is 10.8 Å². The molecule has 0 radical (unpaired) electrons. The minimum Gasteiger partial charge on any atom is -0.507 e. The van der Waals surface area contributed by atoms with Gasteiger partial charge in [0.15, 0.2) is 0 Å². The molecule has 6 heteroatoms. The maximum Gasteiger partial charge on any atom is 0.300 e. The smallest absolute Gasteiger partial charge is 0.300 e. The number of amides is 1. The summed E-state index contributed by atoms with van der Waals surface area (Å²) < 4.78 is 11.4. The summed E-state index contributed by atoms with van der Waals surface area (Å²) in [4.78, 5) is 28.1. The van der Waals surface area contributed by atoms with E-state index in [0.29, 0.717) is 22.8 Å². The maximum absolute atomic E-state index is 13.4. The van der Waals surface area contributed by atoms with Crippen LogP contribution in [0.4, 0.5) is 5.69 Å². The lowest BCUT2D eigenvalue weighted by atomic mass is 9.98. The minimum absolute atomic E-state index is 0.0328. The van der Waals surface area contributed by atoms with Crippen LogP contribution in [0.3, 0.4) is 0 Å². The van der Waals surface area contributed by atoms with Crippen molar-refractivity contribution >= 4 is 33.9 Å². The summed E-state index contributed by atoms with van der Waals surface area (Å²) in [6.45, 7) is 3.80. The van der Waals surface area contributed by atoms with Gasteiger partial charge in [-0.1, -0.05) is 48.5 Å². The molecule has 3 aromatic carbocycles. The Morgan fingerprint density at radius 2 is 1.74 bits per heavy atom. The number of hydrogen-bond donors (Lipinski definition) is 1. The van der Waals surface area contributed by atoms with E-state index in [1.54, 1.807) is 42.5 Å². The number of aliphatic hydroxyl groups excluding tert-OH is 1. The summed E-state index contributed by atoms with van der Waals surface area (Å²) in [5, 5.41) is 13.0. The van der Waals surface area contributed by atoms with E-state index in [1.807, 2.05) is 50.2 Å². The maximum atomic E-state index is 13.4. The van der Waals surface area contributed by atoms with Gasteiger partial charge >= 0.3 is 0 Å². The highest BCUT2D eigenvalue weighted by atomic mass is 16.5. The van der Waals surface area contributed by atoms with Crippen molar-refractivity contribution in [2.45, 2.75) is 26.0 Å². The van der Waals surface area contributed by atoms with Crippen LogP contribution in [0.5, 0.6) is 5.75 Å². The highest BCUT2D eigenvalue weighted by Crippen LogP contribution is 2.44. The Labute approximate surface area is 196 Å². The number of aliphatic hydroxyl groups is 1. The number of rotatable bonds is 5. The number of anilines is 1. The second-order valence-corrected chi connectivity index (χ2v) is 8.38. The molecule has 1 unspecified atom stereocenters. The van der Waals surface area contributed by atoms with Crippen LogP contribution >= 0.6 is 0 Å². The quantitative estimate of drug-likeness (QED) is 0.233. The van der Waals surface area contributed by atoms with Crippen molar-refractivity contribution in [3.63, 3.8) is 0 Å². The van der Waals surface area contributed by atoms with Gasteiger partial charge in [-0.2, -0.15) is 0 Å². The highest BCUT2D eigenvalue weighted by molar-refractivity contribution is 6.52. The zero-order valence-corrected chi connectivity index (χ0v) is 18.8. The van der Waals surface area contributed by atoms with Crippen molar-refractivity contribution < 1.29 is 23.8 Å². The molecule has 1 amide bonds.